The maximum Gasteiger partial charge on any atom is 0.293 e. The van der Waals surface area contributed by atoms with Gasteiger partial charge in [-0.05, 0) is 12.0 Å². The molecule has 17 heavy (non-hydrogen) atoms. The quantitative estimate of drug-likeness (QED) is 0.629. The summed E-state index contributed by atoms with van der Waals surface area (Å²) in [6.45, 7) is 3.96. The Morgan fingerprint density at radius 3 is 2.71 bits per heavy atom. The number of para-hydroxylation sites is 1. The van der Waals surface area contributed by atoms with Crippen LogP contribution in [0.4, 0.5) is 11.4 Å². The molecule has 0 spiro atoms. The van der Waals surface area contributed by atoms with Crippen LogP contribution in [0, 0.1) is 16.0 Å². The van der Waals surface area contributed by atoms with E-state index in [1.165, 1.54) is 12.1 Å². The number of nitro benzene ring substituents is 1. The highest BCUT2D eigenvalue weighted by molar-refractivity contribution is 6.33. The van der Waals surface area contributed by atoms with Crippen molar-refractivity contribution in [1.29, 1.82) is 0 Å². The molecule has 1 unspecified atom stereocenters. The molecule has 0 radical (unpaired) electrons. The molecule has 0 saturated heterocycles. The predicted molar refractivity (Wildman–Crippen MR) is 67.4 cm³/mol. The van der Waals surface area contributed by atoms with Crippen LogP contribution in [0.1, 0.15) is 13.8 Å². The summed E-state index contributed by atoms with van der Waals surface area (Å²) in [6.07, 6.45) is -0.578. The van der Waals surface area contributed by atoms with Gasteiger partial charge in [0.2, 0.25) is 0 Å². The second-order valence-corrected chi connectivity index (χ2v) is 4.49. The smallest absolute Gasteiger partial charge is 0.293 e. The van der Waals surface area contributed by atoms with E-state index in [-0.39, 0.29) is 28.9 Å². The van der Waals surface area contributed by atoms with Crippen molar-refractivity contribution in [3.63, 3.8) is 0 Å². The van der Waals surface area contributed by atoms with Crippen molar-refractivity contribution in [3.05, 3.63) is 33.3 Å². The molecule has 5 nitrogen and oxygen atoms in total. The number of benzene rings is 1. The molecule has 6 heteroatoms. The minimum absolute atomic E-state index is 0.0732. The van der Waals surface area contributed by atoms with Crippen molar-refractivity contribution < 1.29 is 10.0 Å². The molecule has 1 aromatic rings. The molecule has 1 atom stereocenters. The zero-order chi connectivity index (χ0) is 13.0. The number of hydrogen-bond donors (Lipinski definition) is 2. The van der Waals surface area contributed by atoms with Gasteiger partial charge in [0.1, 0.15) is 5.69 Å². The number of nitro groups is 1. The number of nitrogens with zero attached hydrogens (tertiary/aromatic N) is 1. The largest absolute Gasteiger partial charge is 0.391 e. The molecule has 0 saturated carbocycles. The Balaban J connectivity index is 2.86. The minimum atomic E-state index is -0.578. The number of halogens is 1. The van der Waals surface area contributed by atoms with Gasteiger partial charge < -0.3 is 10.4 Å². The fourth-order valence-electron chi connectivity index (χ4n) is 1.28. The van der Waals surface area contributed by atoms with Gasteiger partial charge in [0.25, 0.3) is 5.69 Å². The zero-order valence-corrected chi connectivity index (χ0v) is 10.4. The van der Waals surface area contributed by atoms with E-state index in [0.717, 1.165) is 0 Å². The predicted octanol–water partition coefficient (Wildman–Crippen LogP) is 2.68. The average Bonchev–Trinajstić information content (AvgIpc) is 2.26. The van der Waals surface area contributed by atoms with Crippen LogP contribution in [0.25, 0.3) is 0 Å². The Kier molecular flexibility index (Phi) is 4.72. The Morgan fingerprint density at radius 2 is 2.18 bits per heavy atom. The first-order valence-electron chi connectivity index (χ1n) is 5.28. The molecule has 0 aliphatic heterocycles. The highest BCUT2D eigenvalue weighted by Gasteiger charge is 2.18. The highest BCUT2D eigenvalue weighted by Crippen LogP contribution is 2.31. The fraction of sp³-hybridized carbons (Fsp3) is 0.455. The van der Waals surface area contributed by atoms with Crippen LogP contribution >= 0.6 is 11.6 Å². The first-order chi connectivity index (χ1) is 7.93. The van der Waals surface area contributed by atoms with Crippen molar-refractivity contribution in [2.45, 2.75) is 20.0 Å². The Morgan fingerprint density at radius 1 is 1.53 bits per heavy atom. The molecular formula is C11H15ClN2O3. The molecule has 94 valence electrons. The van der Waals surface area contributed by atoms with Crippen molar-refractivity contribution in [2.75, 3.05) is 11.9 Å². The van der Waals surface area contributed by atoms with Crippen LogP contribution in [-0.2, 0) is 0 Å². The Labute approximate surface area is 105 Å². The summed E-state index contributed by atoms with van der Waals surface area (Å²) in [5.41, 5.74) is 0.160. The molecule has 1 aromatic carbocycles. The lowest BCUT2D eigenvalue weighted by atomic mass is 10.1. The number of hydrogen-bond acceptors (Lipinski definition) is 4. The normalized spacial score (nSPS) is 12.5. The van der Waals surface area contributed by atoms with Crippen LogP contribution in [-0.4, -0.2) is 22.7 Å². The fourth-order valence-corrected chi connectivity index (χ4v) is 1.52. The highest BCUT2D eigenvalue weighted by atomic mass is 35.5. The first kappa shape index (κ1) is 13.7. The van der Waals surface area contributed by atoms with Crippen LogP contribution in [0.3, 0.4) is 0 Å². The lowest BCUT2D eigenvalue weighted by Crippen LogP contribution is -2.25. The number of aliphatic hydroxyl groups is 1. The van der Waals surface area contributed by atoms with E-state index in [4.69, 9.17) is 11.6 Å². The van der Waals surface area contributed by atoms with Gasteiger partial charge in [-0.25, -0.2) is 0 Å². The third kappa shape index (κ3) is 3.57. The molecule has 0 fully saturated rings. The number of nitrogens with one attached hydrogen (secondary N) is 1. The van der Waals surface area contributed by atoms with E-state index in [1.807, 2.05) is 13.8 Å². The van der Waals surface area contributed by atoms with Gasteiger partial charge in [0, 0.05) is 12.6 Å². The van der Waals surface area contributed by atoms with Crippen molar-refractivity contribution in [2.24, 2.45) is 5.92 Å². The van der Waals surface area contributed by atoms with E-state index < -0.39 is 11.0 Å². The van der Waals surface area contributed by atoms with E-state index >= 15 is 0 Å². The number of anilines is 1. The summed E-state index contributed by atoms with van der Waals surface area (Å²) in [4.78, 5) is 10.3. The second-order valence-electron chi connectivity index (χ2n) is 4.08. The summed E-state index contributed by atoms with van der Waals surface area (Å²) in [5.74, 6) is 0.0732. The minimum Gasteiger partial charge on any atom is -0.391 e. The van der Waals surface area contributed by atoms with Gasteiger partial charge in [-0.15, -0.1) is 0 Å². The van der Waals surface area contributed by atoms with Crippen molar-refractivity contribution >= 4 is 23.0 Å². The third-order valence-corrected chi connectivity index (χ3v) is 2.76. The van der Waals surface area contributed by atoms with E-state index in [9.17, 15) is 15.2 Å². The molecule has 0 aliphatic rings. The number of rotatable bonds is 5. The third-order valence-electron chi connectivity index (χ3n) is 2.45. The van der Waals surface area contributed by atoms with Gasteiger partial charge in [-0.3, -0.25) is 10.1 Å². The number of aliphatic hydroxyl groups excluding tert-OH is 1. The van der Waals surface area contributed by atoms with Gasteiger partial charge in [-0.2, -0.15) is 0 Å². The summed E-state index contributed by atoms with van der Waals surface area (Å²) in [7, 11) is 0. The summed E-state index contributed by atoms with van der Waals surface area (Å²) in [6, 6.07) is 4.46. The molecule has 2 N–H and O–H groups in total. The molecule has 0 aromatic heterocycles. The van der Waals surface area contributed by atoms with Crippen molar-refractivity contribution in [1.82, 2.24) is 0 Å². The molecule has 1 rings (SSSR count). The van der Waals surface area contributed by atoms with Crippen LogP contribution in [0.15, 0.2) is 18.2 Å². The molecule has 0 amide bonds. The average molecular weight is 259 g/mol. The Bertz CT molecular complexity index is 410. The van der Waals surface area contributed by atoms with E-state index in [0.29, 0.717) is 0 Å². The van der Waals surface area contributed by atoms with Gasteiger partial charge in [0.05, 0.1) is 16.0 Å². The lowest BCUT2D eigenvalue weighted by molar-refractivity contribution is -0.383. The standard InChI is InChI=1S/C11H15ClN2O3/c1-7(2)10(15)6-13-11-8(12)4-3-5-9(11)14(16)17/h3-5,7,10,13,15H,6H2,1-2H3. The molecule has 0 aliphatic carbocycles. The molecular weight excluding hydrogens is 244 g/mol. The van der Waals surface area contributed by atoms with Crippen LogP contribution in [0.2, 0.25) is 5.02 Å². The SMILES string of the molecule is CC(C)C(O)CNc1c(Cl)cccc1[N+](=O)[O-]. The Hall–Kier alpha value is -1.33. The van der Waals surface area contributed by atoms with E-state index in [1.54, 1.807) is 6.07 Å². The van der Waals surface area contributed by atoms with Gasteiger partial charge in [0.15, 0.2) is 0 Å². The summed E-state index contributed by atoms with van der Waals surface area (Å²) in [5, 5.41) is 23.5. The lowest BCUT2D eigenvalue weighted by Gasteiger charge is -2.16. The maximum absolute atomic E-state index is 10.8. The van der Waals surface area contributed by atoms with Crippen molar-refractivity contribution in [3.8, 4) is 0 Å². The first-order valence-corrected chi connectivity index (χ1v) is 5.66. The molecule has 0 heterocycles. The molecule has 0 bridgehead atoms. The summed E-state index contributed by atoms with van der Waals surface area (Å²) < 4.78 is 0. The topological polar surface area (TPSA) is 75.4 Å². The maximum atomic E-state index is 10.8. The van der Waals surface area contributed by atoms with Gasteiger partial charge in [-0.1, -0.05) is 31.5 Å². The second kappa shape index (κ2) is 5.84. The van der Waals surface area contributed by atoms with E-state index in [2.05, 4.69) is 5.32 Å². The van der Waals surface area contributed by atoms with Gasteiger partial charge >= 0.3 is 0 Å². The monoisotopic (exact) mass is 258 g/mol. The van der Waals surface area contributed by atoms with Crippen LogP contribution < -0.4 is 5.32 Å². The summed E-state index contributed by atoms with van der Waals surface area (Å²) >= 11 is 5.89. The zero-order valence-electron chi connectivity index (χ0n) is 9.68. The van der Waals surface area contributed by atoms with Crippen LogP contribution in [0.5, 0.6) is 0 Å².